The van der Waals surface area contributed by atoms with E-state index in [9.17, 15) is 0 Å². The molecule has 4 nitrogen and oxygen atoms in total. The fraction of sp³-hybridized carbons (Fsp3) is 0.414. The number of benzene rings is 2. The first-order valence-corrected chi connectivity index (χ1v) is 13.2. The van der Waals surface area contributed by atoms with Crippen molar-refractivity contribution in [2.24, 2.45) is 5.41 Å². The Bertz CT molecular complexity index is 1200. The predicted octanol–water partition coefficient (Wildman–Crippen LogP) is 7.94. The van der Waals surface area contributed by atoms with Gasteiger partial charge in [-0.25, -0.2) is 15.0 Å². The average Bonchev–Trinajstić information content (AvgIpc) is 3.31. The quantitative estimate of drug-likeness (QED) is 0.246. The van der Waals surface area contributed by atoms with Crippen LogP contribution in [0.4, 0.5) is 0 Å². The van der Waals surface area contributed by atoms with Crippen LogP contribution in [0.2, 0.25) is 0 Å². The molecule has 0 amide bonds. The van der Waals surface area contributed by atoms with Crippen LogP contribution in [0.3, 0.4) is 0 Å². The van der Waals surface area contributed by atoms with Gasteiger partial charge < -0.3 is 4.74 Å². The molecule has 2 heterocycles. The number of para-hydroxylation sites is 2. The van der Waals surface area contributed by atoms with E-state index in [0.717, 1.165) is 54.4 Å². The zero-order chi connectivity index (χ0) is 24.6. The summed E-state index contributed by atoms with van der Waals surface area (Å²) in [5.41, 5.74) is 6.36. The molecule has 0 unspecified atom stereocenters. The zero-order valence-electron chi connectivity index (χ0n) is 21.4. The molecule has 0 N–H and O–H groups in total. The van der Waals surface area contributed by atoms with Crippen molar-refractivity contribution in [3.8, 4) is 17.1 Å². The summed E-state index contributed by atoms with van der Waals surface area (Å²) in [5.74, 6) is 0.566. The van der Waals surface area contributed by atoms with Gasteiger partial charge in [0.05, 0.1) is 28.8 Å². The number of hydrogen-bond acceptors (Lipinski definition) is 5. The third kappa shape index (κ3) is 6.63. The number of methoxy groups -OCH3 is 1. The molecule has 2 aromatic heterocycles. The van der Waals surface area contributed by atoms with Crippen molar-refractivity contribution >= 4 is 22.4 Å². The number of ether oxygens (including phenoxy) is 1. The van der Waals surface area contributed by atoms with Gasteiger partial charge in [-0.05, 0) is 61.3 Å². The van der Waals surface area contributed by atoms with E-state index in [1.165, 1.54) is 16.3 Å². The number of hydrogen-bond donors (Lipinski definition) is 0. The van der Waals surface area contributed by atoms with Crippen molar-refractivity contribution in [3.05, 3.63) is 70.2 Å². The monoisotopic (exact) mass is 475 g/mol. The third-order valence-corrected chi connectivity index (χ3v) is 6.85. The fourth-order valence-electron chi connectivity index (χ4n) is 4.13. The van der Waals surface area contributed by atoms with Crippen molar-refractivity contribution in [2.45, 2.75) is 66.7 Å². The van der Waals surface area contributed by atoms with Crippen LogP contribution >= 0.6 is 11.3 Å². The first-order chi connectivity index (χ1) is 16.5. The highest BCUT2D eigenvalue weighted by Crippen LogP contribution is 2.31. The molecule has 34 heavy (non-hydrogen) atoms. The number of aromatic nitrogens is 3. The minimum absolute atomic E-state index is 0.240. The summed E-state index contributed by atoms with van der Waals surface area (Å²) in [5, 5.41) is 3.46. The van der Waals surface area contributed by atoms with Crippen LogP contribution in [0, 0.1) is 5.41 Å². The van der Waals surface area contributed by atoms with Crippen LogP contribution in [0.25, 0.3) is 22.3 Å². The fourth-order valence-corrected chi connectivity index (χ4v) is 4.88. The summed E-state index contributed by atoms with van der Waals surface area (Å²) in [6.45, 7) is 10.9. The van der Waals surface area contributed by atoms with E-state index in [-0.39, 0.29) is 5.41 Å². The molecule has 0 atom stereocenters. The lowest BCUT2D eigenvalue weighted by atomic mass is 9.82. The van der Waals surface area contributed by atoms with Crippen molar-refractivity contribution in [3.63, 3.8) is 0 Å². The first kappa shape index (κ1) is 25.8. The lowest BCUT2D eigenvalue weighted by Crippen LogP contribution is -2.15. The molecule has 0 saturated heterocycles. The Morgan fingerprint density at radius 3 is 2.35 bits per heavy atom. The van der Waals surface area contributed by atoms with Gasteiger partial charge in [-0.3, -0.25) is 0 Å². The topological polar surface area (TPSA) is 47.9 Å². The van der Waals surface area contributed by atoms with Gasteiger partial charge in [-0.2, -0.15) is 0 Å². The summed E-state index contributed by atoms with van der Waals surface area (Å²) < 4.78 is 5.56. The number of thiazole rings is 1. The number of nitrogens with zero attached hydrogens (tertiary/aromatic N) is 3. The molecular formula is C29H37N3OS. The van der Waals surface area contributed by atoms with Crippen molar-refractivity contribution in [1.29, 1.82) is 0 Å². The van der Waals surface area contributed by atoms with E-state index in [1.807, 2.05) is 38.1 Å². The Morgan fingerprint density at radius 2 is 1.68 bits per heavy atom. The van der Waals surface area contributed by atoms with Gasteiger partial charge in [0.25, 0.3) is 0 Å². The maximum absolute atomic E-state index is 5.56. The number of aryl methyl sites for hydroxylation is 2. The second kappa shape index (κ2) is 12.1. The molecule has 4 aromatic rings. The van der Waals surface area contributed by atoms with Crippen molar-refractivity contribution in [2.75, 3.05) is 7.11 Å². The van der Waals surface area contributed by atoms with Gasteiger partial charge in [-0.1, -0.05) is 65.0 Å². The van der Waals surface area contributed by atoms with Crippen LogP contribution in [-0.2, 0) is 19.3 Å². The summed E-state index contributed by atoms with van der Waals surface area (Å²) in [6.07, 6.45) is 5.40. The second-order valence-electron chi connectivity index (χ2n) is 9.05. The van der Waals surface area contributed by atoms with Gasteiger partial charge in [0, 0.05) is 10.9 Å². The van der Waals surface area contributed by atoms with E-state index in [2.05, 4.69) is 55.4 Å². The summed E-state index contributed by atoms with van der Waals surface area (Å²) in [4.78, 5) is 14.2. The Hall–Kier alpha value is -2.79. The van der Waals surface area contributed by atoms with Gasteiger partial charge in [0.15, 0.2) is 0 Å². The predicted molar refractivity (Wildman–Crippen MR) is 145 cm³/mol. The summed E-state index contributed by atoms with van der Waals surface area (Å²) >= 11 is 1.78. The first-order valence-electron chi connectivity index (χ1n) is 12.3. The van der Waals surface area contributed by atoms with Crippen LogP contribution in [0.5, 0.6) is 5.88 Å². The Kier molecular flexibility index (Phi) is 9.17. The highest BCUT2D eigenvalue weighted by atomic mass is 32.1. The molecular weight excluding hydrogens is 438 g/mol. The lowest BCUT2D eigenvalue weighted by molar-refractivity contribution is 0.320. The second-order valence-corrected chi connectivity index (χ2v) is 9.99. The van der Waals surface area contributed by atoms with E-state index in [1.54, 1.807) is 18.4 Å². The molecule has 0 aliphatic carbocycles. The average molecular weight is 476 g/mol. The minimum Gasteiger partial charge on any atom is -0.479 e. The Morgan fingerprint density at radius 1 is 0.941 bits per heavy atom. The zero-order valence-corrected chi connectivity index (χ0v) is 22.2. The molecule has 5 heteroatoms. The molecule has 0 saturated carbocycles. The van der Waals surface area contributed by atoms with E-state index in [4.69, 9.17) is 14.7 Å². The highest BCUT2D eigenvalue weighted by molar-refractivity contribution is 7.09. The largest absolute Gasteiger partial charge is 0.479 e. The molecule has 4 rings (SSSR count). The molecule has 0 radical (unpaired) electrons. The standard InChI is InChI=1S/C27H31N3OS.C2H6/c1-5-24-28-21(18-32-24)17-27(2,3)15-9-11-19-10-8-12-20(16-19)25-26(31-4)30-23-14-7-6-13-22(23)29-25;1-2/h6-8,10,12-14,16,18H,5,9,11,15,17H2,1-4H3;1-2H3. The van der Waals surface area contributed by atoms with Gasteiger partial charge in [-0.15, -0.1) is 11.3 Å². The number of fused-ring (bicyclic) bond motifs is 1. The highest BCUT2D eigenvalue weighted by Gasteiger charge is 2.20. The molecule has 180 valence electrons. The molecule has 2 aromatic carbocycles. The number of rotatable bonds is 9. The third-order valence-electron chi connectivity index (χ3n) is 5.81. The molecule has 0 spiro atoms. The Balaban J connectivity index is 0.00000158. The molecule has 0 aliphatic heterocycles. The molecule has 0 fully saturated rings. The van der Waals surface area contributed by atoms with Crippen LogP contribution in [0.1, 0.15) is 63.7 Å². The SMILES string of the molecule is CC.CCc1nc(CC(C)(C)CCCc2cccc(-c3nc4ccccc4nc3OC)c2)cs1. The molecule has 0 bridgehead atoms. The van der Waals surface area contributed by atoms with Gasteiger partial charge in [0.2, 0.25) is 5.88 Å². The maximum atomic E-state index is 5.56. The minimum atomic E-state index is 0.240. The van der Waals surface area contributed by atoms with Crippen LogP contribution in [0.15, 0.2) is 53.9 Å². The van der Waals surface area contributed by atoms with Crippen molar-refractivity contribution in [1.82, 2.24) is 15.0 Å². The van der Waals surface area contributed by atoms with E-state index in [0.29, 0.717) is 5.88 Å². The lowest BCUT2D eigenvalue weighted by Gasteiger charge is -2.23. The molecule has 0 aliphatic rings. The normalized spacial score (nSPS) is 11.2. The summed E-state index contributed by atoms with van der Waals surface area (Å²) in [6, 6.07) is 16.5. The summed E-state index contributed by atoms with van der Waals surface area (Å²) in [7, 11) is 1.65. The van der Waals surface area contributed by atoms with E-state index >= 15 is 0 Å². The van der Waals surface area contributed by atoms with Crippen molar-refractivity contribution < 1.29 is 4.74 Å². The van der Waals surface area contributed by atoms with E-state index < -0.39 is 0 Å². The van der Waals surface area contributed by atoms with Gasteiger partial charge >= 0.3 is 0 Å². The Labute approximate surface area is 208 Å². The smallest absolute Gasteiger partial charge is 0.240 e. The van der Waals surface area contributed by atoms with Gasteiger partial charge in [0.1, 0.15) is 5.69 Å². The maximum Gasteiger partial charge on any atom is 0.240 e. The van der Waals surface area contributed by atoms with Crippen LogP contribution < -0.4 is 4.74 Å². The van der Waals surface area contributed by atoms with Crippen LogP contribution in [-0.4, -0.2) is 22.1 Å².